The van der Waals surface area contributed by atoms with E-state index in [4.69, 9.17) is 4.74 Å². The number of hydrogen-bond acceptors (Lipinski definition) is 7. The minimum absolute atomic E-state index is 0.103. The first-order chi connectivity index (χ1) is 13.6. The van der Waals surface area contributed by atoms with Crippen LogP contribution < -0.4 is 5.56 Å². The maximum atomic E-state index is 12.3. The first-order valence-electron chi connectivity index (χ1n) is 8.70. The lowest BCUT2D eigenvalue weighted by molar-refractivity contribution is -0.145. The van der Waals surface area contributed by atoms with E-state index in [0.29, 0.717) is 15.9 Å². The van der Waals surface area contributed by atoms with Crippen LogP contribution in [0.1, 0.15) is 17.7 Å². The molecule has 3 aromatic heterocycles. The Balaban J connectivity index is 1.32. The Bertz CT molecular complexity index is 1180. The van der Waals surface area contributed by atoms with Crippen molar-refractivity contribution in [2.24, 2.45) is 0 Å². The van der Waals surface area contributed by atoms with Gasteiger partial charge in [-0.3, -0.25) is 14.2 Å². The fourth-order valence-corrected chi connectivity index (χ4v) is 4.23. The van der Waals surface area contributed by atoms with Gasteiger partial charge in [0.1, 0.15) is 16.4 Å². The average Bonchev–Trinajstić information content (AvgIpc) is 3.36. The van der Waals surface area contributed by atoms with Crippen molar-refractivity contribution in [3.63, 3.8) is 0 Å². The zero-order chi connectivity index (χ0) is 19.5. The normalized spacial score (nSPS) is 11.0. The Morgan fingerprint density at radius 1 is 1.18 bits per heavy atom. The number of esters is 1. The molecule has 0 atom stereocenters. The molecule has 0 unspecified atom stereocenters. The second kappa shape index (κ2) is 8.04. The van der Waals surface area contributed by atoms with Crippen molar-refractivity contribution in [3.8, 4) is 10.6 Å². The van der Waals surface area contributed by atoms with Gasteiger partial charge >= 0.3 is 5.97 Å². The highest BCUT2D eigenvalue weighted by molar-refractivity contribution is 7.16. The number of carbonyl (C=O) groups excluding carboxylic acids is 1. The van der Waals surface area contributed by atoms with E-state index in [0.717, 1.165) is 10.6 Å². The lowest BCUT2D eigenvalue weighted by Crippen LogP contribution is -2.21. The van der Waals surface area contributed by atoms with Crippen LogP contribution in [-0.2, 0) is 22.7 Å². The van der Waals surface area contributed by atoms with Gasteiger partial charge in [0.05, 0.1) is 23.8 Å². The lowest BCUT2D eigenvalue weighted by Gasteiger charge is -2.05. The SMILES string of the molecule is Cc1ccc(-c2nc(COC(=O)CCn3cnc4sccc4c3=O)cs2)cc1. The molecule has 0 aliphatic rings. The van der Waals surface area contributed by atoms with Crippen LogP contribution in [-0.4, -0.2) is 20.5 Å². The number of ether oxygens (including phenoxy) is 1. The zero-order valence-electron chi connectivity index (χ0n) is 15.1. The Morgan fingerprint density at radius 3 is 2.82 bits per heavy atom. The zero-order valence-corrected chi connectivity index (χ0v) is 16.8. The predicted molar refractivity (Wildman–Crippen MR) is 111 cm³/mol. The minimum atomic E-state index is -0.373. The Hall–Kier alpha value is -2.84. The van der Waals surface area contributed by atoms with Crippen LogP contribution in [0.4, 0.5) is 0 Å². The summed E-state index contributed by atoms with van der Waals surface area (Å²) in [6.45, 7) is 2.40. The number of carbonyl (C=O) groups is 1. The molecule has 0 aliphatic heterocycles. The highest BCUT2D eigenvalue weighted by Crippen LogP contribution is 2.24. The molecule has 0 spiro atoms. The number of thiazole rings is 1. The highest BCUT2D eigenvalue weighted by Gasteiger charge is 2.10. The molecule has 0 bridgehead atoms. The van der Waals surface area contributed by atoms with E-state index < -0.39 is 0 Å². The van der Waals surface area contributed by atoms with Crippen LogP contribution in [0.3, 0.4) is 0 Å². The van der Waals surface area contributed by atoms with E-state index in [2.05, 4.69) is 9.97 Å². The number of rotatable bonds is 6. The summed E-state index contributed by atoms with van der Waals surface area (Å²) >= 11 is 2.94. The standard InChI is InChI=1S/C20H17N3O3S2/c1-13-2-4-14(5-3-13)18-22-15(11-28-18)10-26-17(24)6-8-23-12-21-19-16(20(23)25)7-9-27-19/h2-5,7,9,11-12H,6,8,10H2,1H3. The maximum Gasteiger partial charge on any atom is 0.307 e. The summed E-state index contributed by atoms with van der Waals surface area (Å²) in [5.74, 6) is -0.373. The van der Waals surface area contributed by atoms with Crippen molar-refractivity contribution in [2.45, 2.75) is 26.5 Å². The van der Waals surface area contributed by atoms with Crippen molar-refractivity contribution in [2.75, 3.05) is 0 Å². The smallest absolute Gasteiger partial charge is 0.307 e. The molecule has 4 rings (SSSR count). The lowest BCUT2D eigenvalue weighted by atomic mass is 10.2. The van der Waals surface area contributed by atoms with Gasteiger partial charge in [-0.1, -0.05) is 29.8 Å². The van der Waals surface area contributed by atoms with Gasteiger partial charge in [0, 0.05) is 17.5 Å². The van der Waals surface area contributed by atoms with Crippen LogP contribution in [0.25, 0.3) is 20.8 Å². The molecule has 142 valence electrons. The number of hydrogen-bond donors (Lipinski definition) is 0. The van der Waals surface area contributed by atoms with Crippen molar-refractivity contribution in [3.05, 3.63) is 69.0 Å². The number of benzene rings is 1. The predicted octanol–water partition coefficient (Wildman–Crippen LogP) is 4.02. The summed E-state index contributed by atoms with van der Waals surface area (Å²) in [5.41, 5.74) is 2.82. The van der Waals surface area contributed by atoms with Gasteiger partial charge in [0.15, 0.2) is 0 Å². The third-order valence-electron chi connectivity index (χ3n) is 4.24. The maximum absolute atomic E-state index is 12.3. The molecule has 6 nitrogen and oxygen atoms in total. The first-order valence-corrected chi connectivity index (χ1v) is 10.5. The van der Waals surface area contributed by atoms with Crippen molar-refractivity contribution < 1.29 is 9.53 Å². The van der Waals surface area contributed by atoms with Crippen molar-refractivity contribution >= 4 is 38.9 Å². The van der Waals surface area contributed by atoms with E-state index >= 15 is 0 Å². The monoisotopic (exact) mass is 411 g/mol. The largest absolute Gasteiger partial charge is 0.459 e. The van der Waals surface area contributed by atoms with E-state index in [1.807, 2.05) is 41.9 Å². The molecule has 0 N–H and O–H groups in total. The van der Waals surface area contributed by atoms with Crippen LogP contribution in [0, 0.1) is 6.92 Å². The third kappa shape index (κ3) is 4.02. The van der Waals surface area contributed by atoms with Crippen LogP contribution in [0.5, 0.6) is 0 Å². The summed E-state index contributed by atoms with van der Waals surface area (Å²) in [4.78, 5) is 33.8. The van der Waals surface area contributed by atoms with Gasteiger partial charge in [-0.05, 0) is 18.4 Å². The molecule has 3 heterocycles. The average molecular weight is 412 g/mol. The minimum Gasteiger partial charge on any atom is -0.459 e. The van der Waals surface area contributed by atoms with Crippen molar-refractivity contribution in [1.29, 1.82) is 0 Å². The molecule has 4 aromatic rings. The fraction of sp³-hybridized carbons (Fsp3) is 0.200. The van der Waals surface area contributed by atoms with Gasteiger partial charge in [-0.2, -0.15) is 0 Å². The molecule has 28 heavy (non-hydrogen) atoms. The van der Waals surface area contributed by atoms with Crippen LogP contribution in [0.2, 0.25) is 0 Å². The Labute approximate surface area is 169 Å². The highest BCUT2D eigenvalue weighted by atomic mass is 32.1. The summed E-state index contributed by atoms with van der Waals surface area (Å²) < 4.78 is 6.74. The summed E-state index contributed by atoms with van der Waals surface area (Å²) in [6, 6.07) is 9.89. The first kappa shape index (κ1) is 18.5. The van der Waals surface area contributed by atoms with E-state index in [9.17, 15) is 9.59 Å². The summed E-state index contributed by atoms with van der Waals surface area (Å²) in [5, 5.41) is 5.19. The van der Waals surface area contributed by atoms with Crippen molar-refractivity contribution in [1.82, 2.24) is 14.5 Å². The fourth-order valence-electron chi connectivity index (χ4n) is 2.69. The molecule has 8 heteroatoms. The van der Waals surface area contributed by atoms with E-state index in [-0.39, 0.29) is 31.1 Å². The number of aryl methyl sites for hydroxylation is 2. The number of thiophene rings is 1. The van der Waals surface area contributed by atoms with E-state index in [1.54, 1.807) is 6.07 Å². The second-order valence-electron chi connectivity index (χ2n) is 6.30. The van der Waals surface area contributed by atoms with Gasteiger partial charge in [0.25, 0.3) is 5.56 Å². The molecule has 0 radical (unpaired) electrons. The third-order valence-corrected chi connectivity index (χ3v) is 6.00. The quantitative estimate of drug-likeness (QED) is 0.448. The molecule has 0 aliphatic carbocycles. The topological polar surface area (TPSA) is 74.1 Å². The molecule has 1 aromatic carbocycles. The molecular weight excluding hydrogens is 394 g/mol. The number of nitrogens with zero attached hydrogens (tertiary/aromatic N) is 3. The van der Waals surface area contributed by atoms with E-state index in [1.165, 1.54) is 39.1 Å². The molecule has 0 amide bonds. The van der Waals surface area contributed by atoms with Gasteiger partial charge in [0.2, 0.25) is 0 Å². The molecule has 0 saturated carbocycles. The molecular formula is C20H17N3O3S2. The number of aromatic nitrogens is 3. The number of fused-ring (bicyclic) bond motifs is 1. The Morgan fingerprint density at radius 2 is 2.00 bits per heavy atom. The Kier molecular flexibility index (Phi) is 5.31. The molecule has 0 fully saturated rings. The van der Waals surface area contributed by atoms with Crippen LogP contribution in [0.15, 0.2) is 52.2 Å². The van der Waals surface area contributed by atoms with Gasteiger partial charge in [-0.25, -0.2) is 9.97 Å². The van der Waals surface area contributed by atoms with Gasteiger partial charge < -0.3 is 4.74 Å². The summed E-state index contributed by atoms with van der Waals surface area (Å²) in [7, 11) is 0. The summed E-state index contributed by atoms with van der Waals surface area (Å²) in [6.07, 6.45) is 1.58. The van der Waals surface area contributed by atoms with Crippen LogP contribution >= 0.6 is 22.7 Å². The van der Waals surface area contributed by atoms with Gasteiger partial charge in [-0.15, -0.1) is 22.7 Å². The molecule has 0 saturated heterocycles. The second-order valence-corrected chi connectivity index (χ2v) is 8.06.